The second-order valence-electron chi connectivity index (χ2n) is 5.79. The Bertz CT molecular complexity index is 559. The molecule has 7 heteroatoms. The number of aliphatic imine (C=N–C) groups is 1. The molecule has 1 atom stereocenters. The normalized spacial score (nSPS) is 17.1. The molecule has 1 aromatic rings. The van der Waals surface area contributed by atoms with E-state index in [0.29, 0.717) is 18.0 Å². The van der Waals surface area contributed by atoms with Crippen LogP contribution in [0.15, 0.2) is 29.3 Å². The van der Waals surface area contributed by atoms with E-state index in [-0.39, 0.29) is 29.9 Å². The van der Waals surface area contributed by atoms with E-state index in [4.69, 9.17) is 4.74 Å². The van der Waals surface area contributed by atoms with Gasteiger partial charge in [0.2, 0.25) is 0 Å². The number of rotatable bonds is 5. The van der Waals surface area contributed by atoms with Crippen LogP contribution in [0.2, 0.25) is 0 Å². The summed E-state index contributed by atoms with van der Waals surface area (Å²) in [7, 11) is 5.45. The number of ether oxygens (including phenoxy) is 1. The Labute approximate surface area is 161 Å². The lowest BCUT2D eigenvalue weighted by Crippen LogP contribution is -2.41. The monoisotopic (exact) mass is 446 g/mol. The van der Waals surface area contributed by atoms with E-state index in [9.17, 15) is 4.79 Å². The lowest BCUT2D eigenvalue weighted by Gasteiger charge is -2.24. The summed E-state index contributed by atoms with van der Waals surface area (Å²) in [6.07, 6.45) is 1.11. The number of guanidine groups is 1. The van der Waals surface area contributed by atoms with Gasteiger partial charge in [-0.3, -0.25) is 9.79 Å². The summed E-state index contributed by atoms with van der Waals surface area (Å²) in [4.78, 5) is 18.1. The quantitative estimate of drug-likeness (QED) is 0.411. The molecule has 0 saturated carbocycles. The van der Waals surface area contributed by atoms with E-state index in [2.05, 4.69) is 20.5 Å². The summed E-state index contributed by atoms with van der Waals surface area (Å²) < 4.78 is 5.42. The zero-order chi connectivity index (χ0) is 16.7. The molecule has 1 aromatic carbocycles. The number of amides is 1. The molecule has 0 spiro atoms. The van der Waals surface area contributed by atoms with Crippen LogP contribution in [-0.4, -0.2) is 57.7 Å². The molecular formula is C17H27IN4O2. The second kappa shape index (κ2) is 10.5. The van der Waals surface area contributed by atoms with Gasteiger partial charge in [-0.25, -0.2) is 0 Å². The van der Waals surface area contributed by atoms with Crippen molar-refractivity contribution in [3.8, 4) is 0 Å². The summed E-state index contributed by atoms with van der Waals surface area (Å²) in [6, 6.07) is 7.59. The Morgan fingerprint density at radius 1 is 1.46 bits per heavy atom. The third-order valence-corrected chi connectivity index (χ3v) is 4.00. The highest BCUT2D eigenvalue weighted by atomic mass is 127. The summed E-state index contributed by atoms with van der Waals surface area (Å²) in [5.74, 6) is 1.34. The molecule has 1 unspecified atom stereocenters. The largest absolute Gasteiger partial charge is 0.381 e. The fourth-order valence-electron chi connectivity index (χ4n) is 2.73. The third-order valence-electron chi connectivity index (χ3n) is 4.00. The number of hydrogen-bond donors (Lipinski definition) is 2. The highest BCUT2D eigenvalue weighted by Gasteiger charge is 2.19. The SMILES string of the molecule is CN=C(NCc1cccc(C(=O)NC)c1)N(C)CC1CCOC1.I. The minimum absolute atomic E-state index is 0. The van der Waals surface area contributed by atoms with Gasteiger partial charge in [-0.05, 0) is 24.1 Å². The Morgan fingerprint density at radius 3 is 2.88 bits per heavy atom. The van der Waals surface area contributed by atoms with Gasteiger partial charge in [0.25, 0.3) is 5.91 Å². The maximum absolute atomic E-state index is 11.7. The number of hydrogen-bond acceptors (Lipinski definition) is 3. The van der Waals surface area contributed by atoms with Gasteiger partial charge >= 0.3 is 0 Å². The van der Waals surface area contributed by atoms with Gasteiger partial charge in [0.15, 0.2) is 5.96 Å². The smallest absolute Gasteiger partial charge is 0.251 e. The standard InChI is InChI=1S/C17H26N4O2.HI/c1-18-16(22)15-6-4-5-13(9-15)10-20-17(19-2)21(3)11-14-7-8-23-12-14;/h4-6,9,14H,7-8,10-12H2,1-3H3,(H,18,22)(H,19,20);1H. The number of carbonyl (C=O) groups is 1. The van der Waals surface area contributed by atoms with Crippen molar-refractivity contribution >= 4 is 35.8 Å². The fraction of sp³-hybridized carbons (Fsp3) is 0.529. The lowest BCUT2D eigenvalue weighted by molar-refractivity contribution is 0.0963. The first-order valence-corrected chi connectivity index (χ1v) is 7.94. The predicted molar refractivity (Wildman–Crippen MR) is 107 cm³/mol. The summed E-state index contributed by atoms with van der Waals surface area (Å²) in [6.45, 7) is 3.24. The number of carbonyl (C=O) groups excluding carboxylic acids is 1. The fourth-order valence-corrected chi connectivity index (χ4v) is 2.73. The Balaban J connectivity index is 0.00000288. The highest BCUT2D eigenvalue weighted by molar-refractivity contribution is 14.0. The molecule has 1 amide bonds. The molecule has 6 nitrogen and oxygen atoms in total. The van der Waals surface area contributed by atoms with Gasteiger partial charge < -0.3 is 20.3 Å². The number of benzene rings is 1. The van der Waals surface area contributed by atoms with E-state index in [0.717, 1.165) is 37.7 Å². The lowest BCUT2D eigenvalue weighted by atomic mass is 10.1. The molecule has 134 valence electrons. The minimum atomic E-state index is -0.0745. The molecule has 0 aromatic heterocycles. The van der Waals surface area contributed by atoms with Crippen LogP contribution in [0.5, 0.6) is 0 Å². The molecular weight excluding hydrogens is 419 g/mol. The maximum atomic E-state index is 11.7. The van der Waals surface area contributed by atoms with Crippen LogP contribution in [-0.2, 0) is 11.3 Å². The van der Waals surface area contributed by atoms with Crippen LogP contribution in [0.1, 0.15) is 22.3 Å². The molecule has 1 aliphatic heterocycles. The van der Waals surface area contributed by atoms with Crippen molar-refractivity contribution in [2.24, 2.45) is 10.9 Å². The number of halogens is 1. The number of nitrogens with zero attached hydrogens (tertiary/aromatic N) is 2. The second-order valence-corrected chi connectivity index (χ2v) is 5.79. The Morgan fingerprint density at radius 2 is 2.25 bits per heavy atom. The average Bonchev–Trinajstić information content (AvgIpc) is 3.08. The predicted octanol–water partition coefficient (Wildman–Crippen LogP) is 1.71. The van der Waals surface area contributed by atoms with Gasteiger partial charge in [0, 0.05) is 52.3 Å². The van der Waals surface area contributed by atoms with Crippen molar-refractivity contribution in [1.29, 1.82) is 0 Å². The molecule has 24 heavy (non-hydrogen) atoms. The molecule has 1 fully saturated rings. The van der Waals surface area contributed by atoms with E-state index in [1.807, 2.05) is 31.3 Å². The van der Waals surface area contributed by atoms with Gasteiger partial charge in [-0.15, -0.1) is 24.0 Å². The van der Waals surface area contributed by atoms with Crippen molar-refractivity contribution in [3.05, 3.63) is 35.4 Å². The van der Waals surface area contributed by atoms with Crippen molar-refractivity contribution < 1.29 is 9.53 Å². The first-order chi connectivity index (χ1) is 11.1. The van der Waals surface area contributed by atoms with Crippen LogP contribution in [0.4, 0.5) is 0 Å². The summed E-state index contributed by atoms with van der Waals surface area (Å²) >= 11 is 0. The maximum Gasteiger partial charge on any atom is 0.251 e. The molecule has 2 rings (SSSR count). The zero-order valence-electron chi connectivity index (χ0n) is 14.5. The van der Waals surface area contributed by atoms with Gasteiger partial charge in [0.05, 0.1) is 6.61 Å². The molecule has 0 bridgehead atoms. The van der Waals surface area contributed by atoms with Crippen LogP contribution >= 0.6 is 24.0 Å². The van der Waals surface area contributed by atoms with Crippen LogP contribution in [0.25, 0.3) is 0 Å². The van der Waals surface area contributed by atoms with E-state index in [1.165, 1.54) is 0 Å². The molecule has 0 radical (unpaired) electrons. The third kappa shape index (κ3) is 5.94. The molecule has 2 N–H and O–H groups in total. The van der Waals surface area contributed by atoms with E-state index in [1.54, 1.807) is 14.1 Å². The van der Waals surface area contributed by atoms with Gasteiger partial charge in [-0.2, -0.15) is 0 Å². The van der Waals surface area contributed by atoms with E-state index < -0.39 is 0 Å². The van der Waals surface area contributed by atoms with Crippen LogP contribution in [0, 0.1) is 5.92 Å². The Kier molecular flexibility index (Phi) is 9.05. The topological polar surface area (TPSA) is 66.0 Å². The van der Waals surface area contributed by atoms with Gasteiger partial charge in [0.1, 0.15) is 0 Å². The Hall–Kier alpha value is -1.35. The van der Waals surface area contributed by atoms with Crippen molar-refractivity contribution in [3.63, 3.8) is 0 Å². The van der Waals surface area contributed by atoms with Crippen LogP contribution in [0.3, 0.4) is 0 Å². The zero-order valence-corrected chi connectivity index (χ0v) is 16.9. The average molecular weight is 446 g/mol. The van der Waals surface area contributed by atoms with Crippen molar-refractivity contribution in [1.82, 2.24) is 15.5 Å². The highest BCUT2D eigenvalue weighted by Crippen LogP contribution is 2.13. The molecule has 1 saturated heterocycles. The molecule has 1 heterocycles. The number of nitrogens with one attached hydrogen (secondary N) is 2. The summed E-state index contributed by atoms with van der Waals surface area (Å²) in [5.41, 5.74) is 1.71. The minimum Gasteiger partial charge on any atom is -0.381 e. The van der Waals surface area contributed by atoms with Gasteiger partial charge in [-0.1, -0.05) is 12.1 Å². The first kappa shape index (κ1) is 20.7. The summed E-state index contributed by atoms with van der Waals surface area (Å²) in [5, 5.41) is 5.99. The van der Waals surface area contributed by atoms with E-state index >= 15 is 0 Å². The van der Waals surface area contributed by atoms with Crippen molar-refractivity contribution in [2.75, 3.05) is 40.9 Å². The molecule has 0 aliphatic carbocycles. The van der Waals surface area contributed by atoms with Crippen LogP contribution < -0.4 is 10.6 Å². The first-order valence-electron chi connectivity index (χ1n) is 7.94. The van der Waals surface area contributed by atoms with Crippen molar-refractivity contribution in [2.45, 2.75) is 13.0 Å². The molecule has 1 aliphatic rings.